The van der Waals surface area contributed by atoms with Crippen molar-refractivity contribution in [3.05, 3.63) is 28.8 Å². The fourth-order valence-corrected chi connectivity index (χ4v) is 2.72. The second-order valence-corrected chi connectivity index (χ2v) is 5.69. The van der Waals surface area contributed by atoms with Crippen molar-refractivity contribution >= 4 is 29.2 Å². The van der Waals surface area contributed by atoms with Gasteiger partial charge in [0.2, 0.25) is 5.91 Å². The number of nitrogens with zero attached hydrogens (tertiary/aromatic N) is 1. The first-order valence-electron chi connectivity index (χ1n) is 6.86. The topological polar surface area (TPSA) is 58.6 Å². The van der Waals surface area contributed by atoms with Gasteiger partial charge in [0.05, 0.1) is 19.6 Å². The van der Waals surface area contributed by atoms with Gasteiger partial charge in [0.15, 0.2) is 0 Å². The van der Waals surface area contributed by atoms with E-state index in [1.165, 1.54) is 7.11 Å². The van der Waals surface area contributed by atoms with Gasteiger partial charge < -0.3 is 10.1 Å². The minimum Gasteiger partial charge on any atom is -0.469 e. The van der Waals surface area contributed by atoms with Gasteiger partial charge in [-0.05, 0) is 43.7 Å². The molecule has 1 atom stereocenters. The molecule has 5 nitrogen and oxygen atoms in total. The van der Waals surface area contributed by atoms with Crippen molar-refractivity contribution in [3.63, 3.8) is 0 Å². The molecule has 0 saturated carbocycles. The van der Waals surface area contributed by atoms with Crippen molar-refractivity contribution < 1.29 is 14.3 Å². The summed E-state index contributed by atoms with van der Waals surface area (Å²) in [6.07, 6.45) is 0.736. The second-order valence-electron chi connectivity index (χ2n) is 5.25. The van der Waals surface area contributed by atoms with Gasteiger partial charge in [-0.15, -0.1) is 0 Å². The lowest BCUT2D eigenvalue weighted by atomic mass is 10.1. The van der Waals surface area contributed by atoms with Crippen LogP contribution in [0.2, 0.25) is 5.02 Å². The molecule has 0 aliphatic carbocycles. The number of hydrogen-bond acceptors (Lipinski definition) is 4. The van der Waals surface area contributed by atoms with Crippen LogP contribution in [0, 0.1) is 12.8 Å². The number of hydrogen-bond donors (Lipinski definition) is 1. The predicted octanol–water partition coefficient (Wildman–Crippen LogP) is 2.08. The van der Waals surface area contributed by atoms with Crippen LogP contribution in [-0.2, 0) is 14.3 Å². The fourth-order valence-electron chi connectivity index (χ4n) is 2.50. The predicted molar refractivity (Wildman–Crippen MR) is 81.4 cm³/mol. The highest BCUT2D eigenvalue weighted by atomic mass is 35.5. The summed E-state index contributed by atoms with van der Waals surface area (Å²) in [5, 5.41) is 3.51. The Balaban J connectivity index is 1.87. The first kappa shape index (κ1) is 15.8. The molecular formula is C15H19ClN2O3. The maximum absolute atomic E-state index is 12.0. The van der Waals surface area contributed by atoms with E-state index in [0.29, 0.717) is 11.6 Å². The van der Waals surface area contributed by atoms with Crippen LogP contribution in [0.1, 0.15) is 12.0 Å². The number of ether oxygens (including phenoxy) is 1. The zero-order valence-electron chi connectivity index (χ0n) is 12.2. The van der Waals surface area contributed by atoms with E-state index in [0.717, 1.165) is 24.2 Å². The van der Waals surface area contributed by atoms with Gasteiger partial charge in [0, 0.05) is 17.3 Å². The number of aryl methyl sites for hydroxylation is 1. The third kappa shape index (κ3) is 4.19. The maximum Gasteiger partial charge on any atom is 0.310 e. The molecule has 1 amide bonds. The van der Waals surface area contributed by atoms with Crippen molar-refractivity contribution in [2.75, 3.05) is 32.1 Å². The summed E-state index contributed by atoms with van der Waals surface area (Å²) in [7, 11) is 1.39. The number of halogens is 1. The van der Waals surface area contributed by atoms with Crippen LogP contribution in [0.3, 0.4) is 0 Å². The van der Waals surface area contributed by atoms with Gasteiger partial charge in [-0.25, -0.2) is 0 Å². The van der Waals surface area contributed by atoms with Crippen molar-refractivity contribution in [2.24, 2.45) is 5.92 Å². The zero-order chi connectivity index (χ0) is 15.4. The Morgan fingerprint density at radius 2 is 2.24 bits per heavy atom. The third-order valence-corrected chi connectivity index (χ3v) is 3.87. The van der Waals surface area contributed by atoms with Crippen molar-refractivity contribution in [1.29, 1.82) is 0 Å². The van der Waals surface area contributed by atoms with Gasteiger partial charge in [-0.1, -0.05) is 11.6 Å². The zero-order valence-corrected chi connectivity index (χ0v) is 12.9. The Bertz CT molecular complexity index is 548. The molecule has 1 aliphatic heterocycles. The lowest BCUT2D eigenvalue weighted by Gasteiger charge is -2.16. The van der Waals surface area contributed by atoms with Gasteiger partial charge >= 0.3 is 5.97 Å². The number of anilines is 1. The summed E-state index contributed by atoms with van der Waals surface area (Å²) in [5.41, 5.74) is 1.68. The van der Waals surface area contributed by atoms with E-state index >= 15 is 0 Å². The molecule has 0 aromatic heterocycles. The Morgan fingerprint density at radius 3 is 2.90 bits per heavy atom. The Hall–Kier alpha value is -1.59. The number of nitrogens with one attached hydrogen (secondary N) is 1. The molecule has 0 bridgehead atoms. The first-order chi connectivity index (χ1) is 9.99. The first-order valence-corrected chi connectivity index (χ1v) is 7.23. The summed E-state index contributed by atoms with van der Waals surface area (Å²) < 4.78 is 4.73. The molecule has 0 spiro atoms. The van der Waals surface area contributed by atoms with Crippen LogP contribution in [0.5, 0.6) is 0 Å². The summed E-state index contributed by atoms with van der Waals surface area (Å²) in [4.78, 5) is 25.5. The lowest BCUT2D eigenvalue weighted by Crippen LogP contribution is -2.32. The molecule has 1 aromatic carbocycles. The molecule has 1 fully saturated rings. The highest BCUT2D eigenvalue weighted by molar-refractivity contribution is 6.30. The summed E-state index contributed by atoms with van der Waals surface area (Å²) in [6, 6.07) is 5.34. The SMILES string of the molecule is COC(=O)C1CCN(CC(=O)Nc2ccc(Cl)cc2C)C1. The van der Waals surface area contributed by atoms with Gasteiger partial charge in [-0.3, -0.25) is 14.5 Å². The second kappa shape index (κ2) is 6.91. The number of rotatable bonds is 4. The number of amides is 1. The molecule has 1 heterocycles. The normalized spacial score (nSPS) is 18.5. The minimum absolute atomic E-state index is 0.0917. The summed E-state index contributed by atoms with van der Waals surface area (Å²) in [5.74, 6) is -0.419. The molecule has 1 aliphatic rings. The van der Waals surface area contributed by atoms with Crippen molar-refractivity contribution in [3.8, 4) is 0 Å². The highest BCUT2D eigenvalue weighted by Gasteiger charge is 2.29. The average molecular weight is 311 g/mol. The minimum atomic E-state index is -0.202. The van der Waals surface area contributed by atoms with Gasteiger partial charge in [0.1, 0.15) is 0 Å². The van der Waals surface area contributed by atoms with E-state index in [1.807, 2.05) is 11.8 Å². The van der Waals surface area contributed by atoms with E-state index in [4.69, 9.17) is 16.3 Å². The maximum atomic E-state index is 12.0. The molecule has 1 aromatic rings. The van der Waals surface area contributed by atoms with Crippen molar-refractivity contribution in [2.45, 2.75) is 13.3 Å². The molecule has 6 heteroatoms. The molecule has 1 saturated heterocycles. The van der Waals surface area contributed by atoms with Crippen LogP contribution < -0.4 is 5.32 Å². The van der Waals surface area contributed by atoms with Crippen LogP contribution in [0.15, 0.2) is 18.2 Å². The van der Waals surface area contributed by atoms with Crippen LogP contribution in [0.4, 0.5) is 5.69 Å². The van der Waals surface area contributed by atoms with Gasteiger partial charge in [-0.2, -0.15) is 0 Å². The molecule has 1 unspecified atom stereocenters. The van der Waals surface area contributed by atoms with E-state index in [-0.39, 0.29) is 24.3 Å². The van der Waals surface area contributed by atoms with E-state index in [9.17, 15) is 9.59 Å². The van der Waals surface area contributed by atoms with Crippen LogP contribution in [-0.4, -0.2) is 43.5 Å². The number of methoxy groups -OCH3 is 1. The van der Waals surface area contributed by atoms with Crippen molar-refractivity contribution in [1.82, 2.24) is 4.90 Å². The molecule has 0 radical (unpaired) electrons. The smallest absolute Gasteiger partial charge is 0.310 e. The summed E-state index contributed by atoms with van der Waals surface area (Å²) >= 11 is 5.89. The molecule has 1 N–H and O–H groups in total. The molecular weight excluding hydrogens is 292 g/mol. The number of carbonyl (C=O) groups excluding carboxylic acids is 2. The number of carbonyl (C=O) groups is 2. The lowest BCUT2D eigenvalue weighted by molar-refractivity contribution is -0.145. The average Bonchev–Trinajstić information content (AvgIpc) is 2.89. The third-order valence-electron chi connectivity index (χ3n) is 3.64. The number of benzene rings is 1. The fraction of sp³-hybridized carbons (Fsp3) is 0.467. The number of likely N-dealkylation sites (tertiary alicyclic amines) is 1. The largest absolute Gasteiger partial charge is 0.469 e. The molecule has 114 valence electrons. The Kier molecular flexibility index (Phi) is 5.20. The molecule has 2 rings (SSSR count). The van der Waals surface area contributed by atoms with Gasteiger partial charge in [0.25, 0.3) is 0 Å². The highest BCUT2D eigenvalue weighted by Crippen LogP contribution is 2.20. The summed E-state index contributed by atoms with van der Waals surface area (Å²) in [6.45, 7) is 3.46. The van der Waals surface area contributed by atoms with Crippen LogP contribution >= 0.6 is 11.6 Å². The molecule has 21 heavy (non-hydrogen) atoms. The van der Waals surface area contributed by atoms with E-state index in [1.54, 1.807) is 18.2 Å². The number of esters is 1. The standard InChI is InChI=1S/C15H19ClN2O3/c1-10-7-12(16)3-4-13(10)17-14(19)9-18-6-5-11(8-18)15(20)21-2/h3-4,7,11H,5-6,8-9H2,1-2H3,(H,17,19). The Labute approximate surface area is 129 Å². The monoisotopic (exact) mass is 310 g/mol. The van der Waals surface area contributed by atoms with E-state index in [2.05, 4.69) is 5.32 Å². The van der Waals surface area contributed by atoms with E-state index < -0.39 is 0 Å². The quantitative estimate of drug-likeness (QED) is 0.865. The Morgan fingerprint density at radius 1 is 1.48 bits per heavy atom. The van der Waals surface area contributed by atoms with Crippen LogP contribution in [0.25, 0.3) is 0 Å².